The third-order valence-electron chi connectivity index (χ3n) is 4.28. The van der Waals surface area contributed by atoms with Crippen LogP contribution >= 0.6 is 15.9 Å². The first-order chi connectivity index (χ1) is 11.6. The molecule has 0 saturated heterocycles. The lowest BCUT2D eigenvalue weighted by Gasteiger charge is -2.22. The Morgan fingerprint density at radius 2 is 1.88 bits per heavy atom. The lowest BCUT2D eigenvalue weighted by Crippen LogP contribution is -2.36. The SMILES string of the molecule is Cc1ccc(Nc2ncc(C(=O)NC3CCCCC3)cn2)cc1Br. The van der Waals surface area contributed by atoms with E-state index < -0.39 is 0 Å². The molecule has 126 valence electrons. The summed E-state index contributed by atoms with van der Waals surface area (Å²) >= 11 is 3.50. The van der Waals surface area contributed by atoms with Crippen molar-refractivity contribution in [3.05, 3.63) is 46.2 Å². The summed E-state index contributed by atoms with van der Waals surface area (Å²) in [5.74, 6) is 0.381. The highest BCUT2D eigenvalue weighted by atomic mass is 79.9. The fourth-order valence-electron chi connectivity index (χ4n) is 2.83. The number of rotatable bonds is 4. The first-order valence-corrected chi connectivity index (χ1v) is 9.07. The lowest BCUT2D eigenvalue weighted by molar-refractivity contribution is 0.0927. The van der Waals surface area contributed by atoms with Crippen LogP contribution in [0.2, 0.25) is 0 Å². The number of nitrogens with one attached hydrogen (secondary N) is 2. The van der Waals surface area contributed by atoms with Gasteiger partial charge in [-0.15, -0.1) is 0 Å². The van der Waals surface area contributed by atoms with Crippen LogP contribution in [-0.2, 0) is 0 Å². The van der Waals surface area contributed by atoms with Gasteiger partial charge in [0.15, 0.2) is 0 Å². The second-order valence-corrected chi connectivity index (χ2v) is 7.05. The Labute approximate surface area is 150 Å². The summed E-state index contributed by atoms with van der Waals surface area (Å²) in [6.45, 7) is 2.03. The van der Waals surface area contributed by atoms with Gasteiger partial charge < -0.3 is 10.6 Å². The lowest BCUT2D eigenvalue weighted by atomic mass is 9.95. The molecule has 0 radical (unpaired) electrons. The summed E-state index contributed by atoms with van der Waals surface area (Å²) in [4.78, 5) is 20.7. The molecule has 1 fully saturated rings. The predicted octanol–water partition coefficient (Wildman–Crippen LogP) is 4.35. The molecule has 1 aromatic heterocycles. The Hall–Kier alpha value is -1.95. The zero-order valence-corrected chi connectivity index (χ0v) is 15.3. The van der Waals surface area contributed by atoms with E-state index in [1.807, 2.05) is 25.1 Å². The molecule has 1 aliphatic carbocycles. The monoisotopic (exact) mass is 388 g/mol. The highest BCUT2D eigenvalue weighted by molar-refractivity contribution is 9.10. The van der Waals surface area contributed by atoms with Crippen LogP contribution in [0, 0.1) is 6.92 Å². The van der Waals surface area contributed by atoms with Gasteiger partial charge in [0.2, 0.25) is 5.95 Å². The van der Waals surface area contributed by atoms with Gasteiger partial charge in [-0.3, -0.25) is 4.79 Å². The molecular weight excluding hydrogens is 368 g/mol. The van der Waals surface area contributed by atoms with E-state index in [0.29, 0.717) is 11.5 Å². The molecule has 1 amide bonds. The number of aromatic nitrogens is 2. The Morgan fingerprint density at radius 1 is 1.17 bits per heavy atom. The minimum atomic E-state index is -0.0912. The van der Waals surface area contributed by atoms with Gasteiger partial charge in [-0.25, -0.2) is 9.97 Å². The first-order valence-electron chi connectivity index (χ1n) is 8.28. The van der Waals surface area contributed by atoms with E-state index in [0.717, 1.165) is 28.6 Å². The zero-order chi connectivity index (χ0) is 16.9. The number of carbonyl (C=O) groups is 1. The summed E-state index contributed by atoms with van der Waals surface area (Å²) in [5.41, 5.74) is 2.55. The molecule has 1 aromatic carbocycles. The Kier molecular flexibility index (Phi) is 5.45. The van der Waals surface area contributed by atoms with Crippen LogP contribution in [0.5, 0.6) is 0 Å². The van der Waals surface area contributed by atoms with Crippen molar-refractivity contribution in [1.29, 1.82) is 0 Å². The number of benzene rings is 1. The highest BCUT2D eigenvalue weighted by Crippen LogP contribution is 2.22. The Balaban J connectivity index is 1.61. The minimum absolute atomic E-state index is 0.0912. The van der Waals surface area contributed by atoms with Crippen molar-refractivity contribution in [2.45, 2.75) is 45.1 Å². The largest absolute Gasteiger partial charge is 0.349 e. The van der Waals surface area contributed by atoms with Crippen molar-refractivity contribution >= 4 is 33.5 Å². The molecule has 0 atom stereocenters. The van der Waals surface area contributed by atoms with E-state index in [1.165, 1.54) is 19.3 Å². The molecule has 0 spiro atoms. The number of aryl methyl sites for hydroxylation is 1. The molecule has 1 saturated carbocycles. The van der Waals surface area contributed by atoms with Crippen LogP contribution in [0.4, 0.5) is 11.6 Å². The maximum Gasteiger partial charge on any atom is 0.254 e. The molecule has 3 rings (SSSR count). The number of nitrogens with zero attached hydrogens (tertiary/aromatic N) is 2. The van der Waals surface area contributed by atoms with E-state index in [4.69, 9.17) is 0 Å². The van der Waals surface area contributed by atoms with Crippen molar-refractivity contribution in [3.63, 3.8) is 0 Å². The smallest absolute Gasteiger partial charge is 0.254 e. The second-order valence-electron chi connectivity index (χ2n) is 6.19. The summed E-state index contributed by atoms with van der Waals surface area (Å²) < 4.78 is 1.02. The van der Waals surface area contributed by atoms with Crippen molar-refractivity contribution in [1.82, 2.24) is 15.3 Å². The molecule has 0 unspecified atom stereocenters. The van der Waals surface area contributed by atoms with E-state index in [2.05, 4.69) is 36.5 Å². The van der Waals surface area contributed by atoms with E-state index in [9.17, 15) is 4.79 Å². The number of anilines is 2. The third kappa shape index (κ3) is 4.32. The van der Waals surface area contributed by atoms with Crippen LogP contribution in [0.15, 0.2) is 35.1 Å². The number of hydrogen-bond acceptors (Lipinski definition) is 4. The van der Waals surface area contributed by atoms with Crippen LogP contribution in [0.1, 0.15) is 48.0 Å². The molecule has 2 aromatic rings. The maximum absolute atomic E-state index is 12.2. The van der Waals surface area contributed by atoms with E-state index in [1.54, 1.807) is 12.4 Å². The van der Waals surface area contributed by atoms with Gasteiger partial charge in [0.05, 0.1) is 5.56 Å². The van der Waals surface area contributed by atoms with E-state index in [-0.39, 0.29) is 11.9 Å². The summed E-state index contributed by atoms with van der Waals surface area (Å²) in [7, 11) is 0. The molecule has 24 heavy (non-hydrogen) atoms. The Morgan fingerprint density at radius 3 is 2.54 bits per heavy atom. The molecule has 1 aliphatic rings. The molecule has 5 nitrogen and oxygen atoms in total. The fraction of sp³-hybridized carbons (Fsp3) is 0.389. The van der Waals surface area contributed by atoms with Crippen LogP contribution < -0.4 is 10.6 Å². The summed E-state index contributed by atoms with van der Waals surface area (Å²) in [6.07, 6.45) is 8.91. The van der Waals surface area contributed by atoms with Gasteiger partial charge in [0, 0.05) is 28.6 Å². The fourth-order valence-corrected chi connectivity index (χ4v) is 3.20. The topological polar surface area (TPSA) is 66.9 Å². The minimum Gasteiger partial charge on any atom is -0.349 e. The number of halogens is 1. The van der Waals surface area contributed by atoms with E-state index >= 15 is 0 Å². The first kappa shape index (κ1) is 16.9. The normalized spacial score (nSPS) is 15.1. The van der Waals surface area contributed by atoms with Gasteiger partial charge >= 0.3 is 0 Å². The number of carbonyl (C=O) groups excluding carboxylic acids is 1. The van der Waals surface area contributed by atoms with Crippen molar-refractivity contribution in [3.8, 4) is 0 Å². The molecule has 0 bridgehead atoms. The van der Waals surface area contributed by atoms with Gasteiger partial charge in [-0.2, -0.15) is 0 Å². The van der Waals surface area contributed by atoms with Gasteiger partial charge in [-0.05, 0) is 37.5 Å². The average Bonchev–Trinajstić information content (AvgIpc) is 2.60. The Bertz CT molecular complexity index is 711. The standard InChI is InChI=1S/C18H21BrN4O/c1-12-7-8-15(9-16(12)19)23-18-20-10-13(11-21-18)17(24)22-14-5-3-2-4-6-14/h7-11,14H,2-6H2,1H3,(H,22,24)(H,20,21,23). The molecule has 0 aliphatic heterocycles. The summed E-state index contributed by atoms with van der Waals surface area (Å²) in [5, 5.41) is 6.21. The van der Waals surface area contributed by atoms with Crippen LogP contribution in [0.3, 0.4) is 0 Å². The van der Waals surface area contributed by atoms with Gasteiger partial charge in [-0.1, -0.05) is 41.3 Å². The van der Waals surface area contributed by atoms with Crippen LogP contribution in [0.25, 0.3) is 0 Å². The zero-order valence-electron chi connectivity index (χ0n) is 13.7. The molecular formula is C18H21BrN4O. The van der Waals surface area contributed by atoms with Crippen molar-refractivity contribution in [2.24, 2.45) is 0 Å². The number of hydrogen-bond donors (Lipinski definition) is 2. The van der Waals surface area contributed by atoms with Crippen molar-refractivity contribution in [2.75, 3.05) is 5.32 Å². The quantitative estimate of drug-likeness (QED) is 0.816. The summed E-state index contributed by atoms with van der Waals surface area (Å²) in [6, 6.07) is 6.24. The molecule has 2 N–H and O–H groups in total. The maximum atomic E-state index is 12.2. The third-order valence-corrected chi connectivity index (χ3v) is 5.14. The average molecular weight is 389 g/mol. The molecule has 6 heteroatoms. The van der Waals surface area contributed by atoms with Crippen molar-refractivity contribution < 1.29 is 4.79 Å². The van der Waals surface area contributed by atoms with Crippen LogP contribution in [-0.4, -0.2) is 21.9 Å². The molecule has 1 heterocycles. The number of amides is 1. The highest BCUT2D eigenvalue weighted by Gasteiger charge is 2.17. The van der Waals surface area contributed by atoms with Gasteiger partial charge in [0.1, 0.15) is 0 Å². The van der Waals surface area contributed by atoms with Gasteiger partial charge in [0.25, 0.3) is 5.91 Å². The predicted molar refractivity (Wildman–Crippen MR) is 98.5 cm³/mol. The second kappa shape index (κ2) is 7.75.